The van der Waals surface area contributed by atoms with E-state index in [1.54, 1.807) is 30.3 Å². The van der Waals surface area contributed by atoms with Crippen LogP contribution in [0.15, 0.2) is 42.5 Å². The summed E-state index contributed by atoms with van der Waals surface area (Å²) in [6, 6.07) is 9.37. The van der Waals surface area contributed by atoms with E-state index in [1.165, 1.54) is 39.4 Å². The van der Waals surface area contributed by atoms with Gasteiger partial charge in [0.1, 0.15) is 11.5 Å². The molecule has 0 radical (unpaired) electrons. The van der Waals surface area contributed by atoms with Gasteiger partial charge in [0.05, 0.1) is 19.8 Å². The van der Waals surface area contributed by atoms with E-state index in [1.807, 2.05) is 0 Å². The van der Waals surface area contributed by atoms with Crippen molar-refractivity contribution in [2.24, 2.45) is 0 Å². The Balaban J connectivity index is 2.23. The van der Waals surface area contributed by atoms with Crippen LogP contribution in [0.2, 0.25) is 0 Å². The van der Waals surface area contributed by atoms with Gasteiger partial charge in [0.25, 0.3) is 0 Å². The molecule has 1 N–H and O–H groups in total. The predicted octanol–water partition coefficient (Wildman–Crippen LogP) is 3.23. The lowest BCUT2D eigenvalue weighted by Gasteiger charge is -2.08. The Morgan fingerprint density at radius 1 is 1.00 bits per heavy atom. The average Bonchev–Trinajstić information content (AvgIpc) is 2.59. The normalized spacial score (nSPS) is 10.5. The van der Waals surface area contributed by atoms with Gasteiger partial charge in [-0.05, 0) is 35.9 Å². The summed E-state index contributed by atoms with van der Waals surface area (Å²) in [5.74, 6) is 0.121. The van der Waals surface area contributed by atoms with Crippen LogP contribution in [-0.4, -0.2) is 31.1 Å². The van der Waals surface area contributed by atoms with Crippen LogP contribution in [0.5, 0.6) is 23.0 Å². The summed E-state index contributed by atoms with van der Waals surface area (Å²) in [7, 11) is 2.94. The van der Waals surface area contributed by atoms with Gasteiger partial charge >= 0.3 is 5.97 Å². The summed E-state index contributed by atoms with van der Waals surface area (Å²) in [6.45, 7) is 1.29. The maximum absolute atomic E-state index is 12.2. The number of hydrogen-bond acceptors (Lipinski definition) is 6. The van der Waals surface area contributed by atoms with E-state index in [2.05, 4.69) is 0 Å². The van der Waals surface area contributed by atoms with Crippen LogP contribution in [0, 0.1) is 0 Å². The highest BCUT2D eigenvalue weighted by Gasteiger charge is 2.10. The first kappa shape index (κ1) is 18.1. The fraction of sp³-hybridized carbons (Fsp3) is 0.158. The first-order valence-electron chi connectivity index (χ1n) is 7.40. The number of rotatable bonds is 6. The molecule has 0 unspecified atom stereocenters. The number of carbonyl (C=O) groups excluding carboxylic acids is 2. The fourth-order valence-corrected chi connectivity index (χ4v) is 2.14. The zero-order chi connectivity index (χ0) is 18.4. The molecule has 0 spiro atoms. The van der Waals surface area contributed by atoms with E-state index in [0.717, 1.165) is 0 Å². The Bertz CT molecular complexity index is 823. The molecule has 0 aromatic heterocycles. The van der Waals surface area contributed by atoms with Crippen LogP contribution in [0.4, 0.5) is 0 Å². The van der Waals surface area contributed by atoms with Crippen LogP contribution < -0.4 is 14.2 Å². The maximum Gasteiger partial charge on any atom is 0.308 e. The average molecular weight is 342 g/mol. The molecule has 0 saturated heterocycles. The summed E-state index contributed by atoms with van der Waals surface area (Å²) >= 11 is 0. The smallest absolute Gasteiger partial charge is 0.308 e. The van der Waals surface area contributed by atoms with Crippen molar-refractivity contribution in [3.63, 3.8) is 0 Å². The Hall–Kier alpha value is -3.28. The van der Waals surface area contributed by atoms with Crippen LogP contribution in [0.3, 0.4) is 0 Å². The first-order chi connectivity index (χ1) is 11.9. The number of allylic oxidation sites excluding steroid dienone is 1. The van der Waals surface area contributed by atoms with Crippen molar-refractivity contribution in [1.29, 1.82) is 0 Å². The number of benzene rings is 2. The zero-order valence-corrected chi connectivity index (χ0v) is 14.1. The van der Waals surface area contributed by atoms with Crippen molar-refractivity contribution in [2.75, 3.05) is 14.2 Å². The minimum atomic E-state index is -0.473. The Kier molecular flexibility index (Phi) is 5.79. The topological polar surface area (TPSA) is 82.1 Å². The van der Waals surface area contributed by atoms with E-state index in [0.29, 0.717) is 17.1 Å². The van der Waals surface area contributed by atoms with Crippen molar-refractivity contribution in [3.05, 3.63) is 53.6 Å². The van der Waals surface area contributed by atoms with Crippen LogP contribution in [0.1, 0.15) is 22.8 Å². The van der Waals surface area contributed by atoms with Gasteiger partial charge < -0.3 is 19.3 Å². The Labute approximate surface area is 145 Å². The van der Waals surface area contributed by atoms with Gasteiger partial charge in [-0.3, -0.25) is 9.59 Å². The molecule has 2 rings (SSSR count). The van der Waals surface area contributed by atoms with E-state index < -0.39 is 5.97 Å². The van der Waals surface area contributed by atoms with Gasteiger partial charge in [0.15, 0.2) is 17.3 Å². The van der Waals surface area contributed by atoms with Crippen molar-refractivity contribution in [2.45, 2.75) is 6.92 Å². The molecule has 25 heavy (non-hydrogen) atoms. The molecule has 0 atom stereocenters. The van der Waals surface area contributed by atoms with Gasteiger partial charge in [-0.1, -0.05) is 12.1 Å². The van der Waals surface area contributed by atoms with Gasteiger partial charge in [-0.25, -0.2) is 0 Å². The molecule has 0 aliphatic heterocycles. The minimum Gasteiger partial charge on any atom is -0.507 e. The van der Waals surface area contributed by atoms with Gasteiger partial charge in [-0.2, -0.15) is 0 Å². The molecular formula is C19H18O6. The van der Waals surface area contributed by atoms with Gasteiger partial charge in [0.2, 0.25) is 0 Å². The fourth-order valence-electron chi connectivity index (χ4n) is 2.14. The molecule has 6 heteroatoms. The van der Waals surface area contributed by atoms with Crippen molar-refractivity contribution in [3.8, 4) is 23.0 Å². The summed E-state index contributed by atoms with van der Waals surface area (Å²) in [5, 5.41) is 9.89. The highest BCUT2D eigenvalue weighted by atomic mass is 16.6. The van der Waals surface area contributed by atoms with E-state index >= 15 is 0 Å². The van der Waals surface area contributed by atoms with Crippen molar-refractivity contribution < 1.29 is 28.9 Å². The van der Waals surface area contributed by atoms with Crippen LogP contribution in [0.25, 0.3) is 6.08 Å². The monoisotopic (exact) mass is 342 g/mol. The van der Waals surface area contributed by atoms with E-state index in [-0.39, 0.29) is 22.8 Å². The third-order valence-electron chi connectivity index (χ3n) is 3.34. The number of methoxy groups -OCH3 is 2. The molecule has 0 amide bonds. The number of esters is 1. The third-order valence-corrected chi connectivity index (χ3v) is 3.34. The number of phenolic OH excluding ortho intramolecular Hbond substituents is 1. The summed E-state index contributed by atoms with van der Waals surface area (Å²) in [6.07, 6.45) is 2.87. The molecule has 0 fully saturated rings. The number of ketones is 1. The summed E-state index contributed by atoms with van der Waals surface area (Å²) in [4.78, 5) is 23.4. The standard InChI is InChI=1S/C19H18O6/c1-12(20)25-19-10-13(5-9-18(19)24-3)4-8-16(21)15-7-6-14(23-2)11-17(15)22/h4-11,22H,1-3H3/b8-4+. The molecule has 0 aliphatic carbocycles. The molecular weight excluding hydrogens is 324 g/mol. The minimum absolute atomic E-state index is 0.158. The molecule has 130 valence electrons. The quantitative estimate of drug-likeness (QED) is 0.376. The largest absolute Gasteiger partial charge is 0.507 e. The Morgan fingerprint density at radius 3 is 2.36 bits per heavy atom. The predicted molar refractivity (Wildman–Crippen MR) is 92.3 cm³/mol. The number of hydrogen-bond donors (Lipinski definition) is 1. The second-order valence-electron chi connectivity index (χ2n) is 5.08. The molecule has 0 aliphatic rings. The molecule has 6 nitrogen and oxygen atoms in total. The zero-order valence-electron chi connectivity index (χ0n) is 14.1. The highest BCUT2D eigenvalue weighted by Crippen LogP contribution is 2.29. The number of ether oxygens (including phenoxy) is 3. The van der Waals surface area contributed by atoms with Crippen LogP contribution in [-0.2, 0) is 4.79 Å². The third kappa shape index (κ3) is 4.60. The number of phenols is 1. The molecule has 2 aromatic rings. The number of aromatic hydroxyl groups is 1. The van der Waals surface area contributed by atoms with E-state index in [9.17, 15) is 14.7 Å². The van der Waals surface area contributed by atoms with Crippen molar-refractivity contribution in [1.82, 2.24) is 0 Å². The van der Waals surface area contributed by atoms with Gasteiger partial charge in [-0.15, -0.1) is 0 Å². The SMILES string of the molecule is COc1ccc(C(=O)/C=C/c2ccc(OC)c(OC(C)=O)c2)c(O)c1. The lowest BCUT2D eigenvalue weighted by Crippen LogP contribution is -2.03. The maximum atomic E-state index is 12.2. The van der Waals surface area contributed by atoms with Gasteiger partial charge in [0, 0.05) is 13.0 Å². The summed E-state index contributed by atoms with van der Waals surface area (Å²) in [5.41, 5.74) is 0.796. The second-order valence-corrected chi connectivity index (χ2v) is 5.08. The molecule has 2 aromatic carbocycles. The second kappa shape index (κ2) is 8.01. The molecule has 0 bridgehead atoms. The summed E-state index contributed by atoms with van der Waals surface area (Å²) < 4.78 is 15.2. The molecule has 0 heterocycles. The highest BCUT2D eigenvalue weighted by molar-refractivity contribution is 6.08. The lowest BCUT2D eigenvalue weighted by atomic mass is 10.1. The van der Waals surface area contributed by atoms with Crippen molar-refractivity contribution >= 4 is 17.8 Å². The van der Waals surface area contributed by atoms with Crippen LogP contribution >= 0.6 is 0 Å². The first-order valence-corrected chi connectivity index (χ1v) is 7.40. The number of carbonyl (C=O) groups is 2. The lowest BCUT2D eigenvalue weighted by molar-refractivity contribution is -0.132. The molecule has 0 saturated carbocycles. The van der Waals surface area contributed by atoms with E-state index in [4.69, 9.17) is 14.2 Å². The Morgan fingerprint density at radius 2 is 1.76 bits per heavy atom.